The Bertz CT molecular complexity index is 1810. The number of carbonyl (C=O) groups is 1. The molecule has 0 aliphatic heterocycles. The molecule has 6 rings (SSSR count). The fourth-order valence-electron chi connectivity index (χ4n) is 4.92. The fourth-order valence-corrected chi connectivity index (χ4v) is 4.92. The number of rotatable bonds is 4. The van der Waals surface area contributed by atoms with Crippen molar-refractivity contribution in [3.8, 4) is 5.69 Å². The molecule has 0 fully saturated rings. The number of benzene rings is 4. The van der Waals surface area contributed by atoms with Crippen LogP contribution in [0.3, 0.4) is 0 Å². The molecule has 0 saturated heterocycles. The van der Waals surface area contributed by atoms with Gasteiger partial charge in [-0.2, -0.15) is 0 Å². The number of aryl methyl sites for hydroxylation is 2. The van der Waals surface area contributed by atoms with Crippen LogP contribution < -0.4 is 0 Å². The molecule has 0 aliphatic rings. The Morgan fingerprint density at radius 1 is 0.897 bits per heavy atom. The van der Waals surface area contributed by atoms with Crippen molar-refractivity contribution in [1.29, 1.82) is 0 Å². The molecule has 0 atom stereocenters. The summed E-state index contributed by atoms with van der Waals surface area (Å²) in [5, 5.41) is 15.3. The van der Waals surface area contributed by atoms with Crippen LogP contribution in [0, 0.1) is 31.7 Å². The first-order valence-corrected chi connectivity index (χ1v) is 13.1. The molecule has 1 N–H and O–H groups in total. The van der Waals surface area contributed by atoms with Gasteiger partial charge in [0.1, 0.15) is 0 Å². The molecular formula is C34H33IrN2O2-. The Hall–Kier alpha value is -3.53. The summed E-state index contributed by atoms with van der Waals surface area (Å²) in [6.07, 6.45) is 3.19. The summed E-state index contributed by atoms with van der Waals surface area (Å²) >= 11 is 0. The molecular weight excluding hydrogens is 661 g/mol. The molecule has 2 heterocycles. The Morgan fingerprint density at radius 2 is 1.59 bits per heavy atom. The van der Waals surface area contributed by atoms with Crippen LogP contribution in [0.25, 0.3) is 49.2 Å². The summed E-state index contributed by atoms with van der Waals surface area (Å²) in [6, 6.07) is 25.4. The predicted molar refractivity (Wildman–Crippen MR) is 158 cm³/mol. The zero-order chi connectivity index (χ0) is 27.1. The second kappa shape index (κ2) is 11.3. The number of nitrogens with zero attached hydrogens (tertiary/aromatic N) is 2. The van der Waals surface area contributed by atoms with Crippen LogP contribution >= 0.6 is 0 Å². The van der Waals surface area contributed by atoms with Gasteiger partial charge >= 0.3 is 0 Å². The van der Waals surface area contributed by atoms with Gasteiger partial charge in [-0.3, -0.25) is 4.79 Å². The van der Waals surface area contributed by atoms with Crippen molar-refractivity contribution in [2.24, 2.45) is 11.8 Å². The molecule has 5 heteroatoms. The molecule has 39 heavy (non-hydrogen) atoms. The minimum atomic E-state index is -0.0316. The van der Waals surface area contributed by atoms with Gasteiger partial charge in [0.2, 0.25) is 0 Å². The second-order valence-electron chi connectivity index (χ2n) is 10.6. The van der Waals surface area contributed by atoms with Crippen molar-refractivity contribution in [3.05, 3.63) is 95.9 Å². The molecule has 0 aliphatic carbocycles. The summed E-state index contributed by atoms with van der Waals surface area (Å²) in [5.74, 6) is 0.161. The van der Waals surface area contributed by atoms with Crippen molar-refractivity contribution in [3.63, 3.8) is 0 Å². The van der Waals surface area contributed by atoms with Gasteiger partial charge in [-0.05, 0) is 58.4 Å². The molecule has 0 bridgehead atoms. The van der Waals surface area contributed by atoms with Crippen LogP contribution in [0.2, 0.25) is 0 Å². The van der Waals surface area contributed by atoms with Crippen molar-refractivity contribution in [2.45, 2.75) is 41.5 Å². The summed E-state index contributed by atoms with van der Waals surface area (Å²) < 4.78 is 2.38. The van der Waals surface area contributed by atoms with E-state index in [1.807, 2.05) is 40.0 Å². The number of aliphatic hydroxyl groups excluding tert-OH is 1. The third kappa shape index (κ3) is 5.22. The van der Waals surface area contributed by atoms with Crippen LogP contribution in [-0.4, -0.2) is 20.4 Å². The molecule has 0 unspecified atom stereocenters. The number of carbonyl (C=O) groups excluding carboxylic acids is 1. The summed E-state index contributed by atoms with van der Waals surface area (Å²) in [6.45, 7) is 11.6. The number of aromatic nitrogens is 2. The molecule has 1 radical (unpaired) electrons. The van der Waals surface area contributed by atoms with E-state index in [2.05, 4.69) is 79.1 Å². The van der Waals surface area contributed by atoms with Gasteiger partial charge in [0, 0.05) is 55.4 Å². The number of aliphatic hydroxyl groups is 1. The summed E-state index contributed by atoms with van der Waals surface area (Å²) in [5.41, 5.74) is 7.09. The Balaban J connectivity index is 0.000000254. The van der Waals surface area contributed by atoms with Crippen LogP contribution in [0.4, 0.5) is 0 Å². The van der Waals surface area contributed by atoms with Crippen LogP contribution in [0.15, 0.2) is 78.7 Å². The molecule has 0 saturated carbocycles. The van der Waals surface area contributed by atoms with Gasteiger partial charge in [0.15, 0.2) is 5.78 Å². The molecule has 0 amide bonds. The number of fused-ring (bicyclic) bond motifs is 3. The van der Waals surface area contributed by atoms with Crippen LogP contribution in [-0.2, 0) is 24.9 Å². The normalized spacial score (nSPS) is 11.9. The largest absolute Gasteiger partial charge is 0.512 e. The number of ketones is 1. The van der Waals surface area contributed by atoms with E-state index in [0.717, 1.165) is 16.5 Å². The van der Waals surface area contributed by atoms with Gasteiger partial charge < -0.3 is 14.7 Å². The van der Waals surface area contributed by atoms with E-state index >= 15 is 0 Å². The zero-order valence-corrected chi connectivity index (χ0v) is 25.6. The Kier molecular flexibility index (Phi) is 8.25. The van der Waals surface area contributed by atoms with E-state index in [0.29, 0.717) is 0 Å². The van der Waals surface area contributed by atoms with E-state index in [4.69, 9.17) is 4.98 Å². The van der Waals surface area contributed by atoms with E-state index in [9.17, 15) is 9.90 Å². The van der Waals surface area contributed by atoms with Crippen molar-refractivity contribution in [2.75, 3.05) is 0 Å². The third-order valence-corrected chi connectivity index (χ3v) is 7.03. The fraction of sp³-hybridized carbons (Fsp3) is 0.235. The summed E-state index contributed by atoms with van der Waals surface area (Å²) in [7, 11) is 0. The summed E-state index contributed by atoms with van der Waals surface area (Å²) in [4.78, 5) is 15.7. The first-order valence-electron chi connectivity index (χ1n) is 13.1. The first kappa shape index (κ1) is 28.5. The second-order valence-corrected chi connectivity index (χ2v) is 10.6. The molecule has 0 spiro atoms. The maximum atomic E-state index is 11.0. The molecule has 4 nitrogen and oxygen atoms in total. The minimum Gasteiger partial charge on any atom is -0.512 e. The SMILES string of the molecule is CC(C)C(=O)/C=C(\O)C(C)C.Cc1[c-]c2c3ncccc3c3cccc4c3c2c(c1)n4-c1ccc(C)cc1.[Ir]. The van der Waals surface area contributed by atoms with Crippen molar-refractivity contribution in [1.82, 2.24) is 9.55 Å². The smallest absolute Gasteiger partial charge is 0.161 e. The Morgan fingerprint density at radius 3 is 2.26 bits per heavy atom. The molecule has 201 valence electrons. The standard InChI is InChI=1S/C25H17N2.C9H16O2.Ir/c1-15-8-10-17(11-9-15)27-21-7-3-5-18-19-6-4-12-26-25(19)20-13-16(2)14-22(27)24(20)23(18)21;1-6(2)8(10)5-9(11)7(3)4;/h3-12,14H,1-2H3;5-7,10H,1-4H3;/q-1;;/b;8-5-;. The number of allylic oxidation sites excluding steroid dienone is 2. The first-order chi connectivity index (χ1) is 18.2. The topological polar surface area (TPSA) is 55.1 Å². The molecule has 6 aromatic rings. The zero-order valence-electron chi connectivity index (χ0n) is 23.2. The average molecular weight is 694 g/mol. The van der Waals surface area contributed by atoms with Gasteiger partial charge in [-0.1, -0.05) is 75.9 Å². The van der Waals surface area contributed by atoms with E-state index < -0.39 is 0 Å². The monoisotopic (exact) mass is 694 g/mol. The van der Waals surface area contributed by atoms with Crippen molar-refractivity contribution >= 4 is 49.3 Å². The van der Waals surface area contributed by atoms with Crippen molar-refractivity contribution < 1.29 is 30.0 Å². The van der Waals surface area contributed by atoms with Gasteiger partial charge in [-0.25, -0.2) is 0 Å². The number of pyridine rings is 1. The minimum absolute atomic E-state index is 0. The average Bonchev–Trinajstić information content (AvgIpc) is 3.23. The predicted octanol–water partition coefficient (Wildman–Crippen LogP) is 8.65. The maximum absolute atomic E-state index is 11.0. The third-order valence-electron chi connectivity index (χ3n) is 7.03. The number of hydrogen-bond donors (Lipinski definition) is 1. The molecule has 4 aromatic carbocycles. The van der Waals surface area contributed by atoms with Gasteiger partial charge in [0.05, 0.1) is 5.76 Å². The van der Waals surface area contributed by atoms with E-state index in [1.165, 1.54) is 49.9 Å². The van der Waals surface area contributed by atoms with E-state index in [1.54, 1.807) is 0 Å². The van der Waals surface area contributed by atoms with Crippen LogP contribution in [0.1, 0.15) is 38.8 Å². The van der Waals surface area contributed by atoms with Crippen LogP contribution in [0.5, 0.6) is 0 Å². The van der Waals surface area contributed by atoms with Gasteiger partial charge in [-0.15, -0.1) is 23.1 Å². The van der Waals surface area contributed by atoms with Gasteiger partial charge in [0.25, 0.3) is 0 Å². The Labute approximate surface area is 243 Å². The maximum Gasteiger partial charge on any atom is 0.161 e. The molecule has 2 aromatic heterocycles. The quantitative estimate of drug-likeness (QED) is 0.0871. The number of hydrogen-bond acceptors (Lipinski definition) is 3. The van der Waals surface area contributed by atoms with E-state index in [-0.39, 0.29) is 43.5 Å².